The zero-order valence-corrected chi connectivity index (χ0v) is 19.6. The fourth-order valence-corrected chi connectivity index (χ4v) is 5.56. The summed E-state index contributed by atoms with van der Waals surface area (Å²) in [4.78, 5) is 14.5. The van der Waals surface area contributed by atoms with Crippen LogP contribution in [0.1, 0.15) is 5.56 Å². The lowest BCUT2D eigenvalue weighted by Gasteiger charge is -2.23. The van der Waals surface area contributed by atoms with Crippen LogP contribution in [0.4, 0.5) is 4.79 Å². The molecule has 2 aromatic rings. The first-order valence-corrected chi connectivity index (χ1v) is 11.9. The number of rotatable bonds is 7. The highest BCUT2D eigenvalue weighted by molar-refractivity contribution is 7.89. The summed E-state index contributed by atoms with van der Waals surface area (Å²) >= 11 is 0. The Labute approximate surface area is 193 Å². The number of ether oxygens (including phenoxy) is 3. The lowest BCUT2D eigenvalue weighted by molar-refractivity contribution is 0.207. The van der Waals surface area contributed by atoms with E-state index < -0.39 is 10.0 Å². The van der Waals surface area contributed by atoms with Crippen LogP contribution in [0.3, 0.4) is 0 Å². The topological polar surface area (TPSA) is 97.4 Å². The third kappa shape index (κ3) is 4.49. The molecule has 10 heteroatoms. The maximum Gasteiger partial charge on any atom is 0.318 e. The molecule has 0 radical (unpaired) electrons. The summed E-state index contributed by atoms with van der Waals surface area (Å²) in [6.45, 7) is 1.70. The number of urea groups is 1. The van der Waals surface area contributed by atoms with Crippen molar-refractivity contribution in [2.24, 2.45) is 0 Å². The number of methoxy groups -OCH3 is 3. The fourth-order valence-electron chi connectivity index (χ4n) is 4.12. The molecule has 0 unspecified atom stereocenters. The summed E-state index contributed by atoms with van der Waals surface area (Å²) in [6.07, 6.45) is 0. The van der Waals surface area contributed by atoms with Crippen molar-refractivity contribution in [1.82, 2.24) is 14.5 Å². The Morgan fingerprint density at radius 1 is 0.879 bits per heavy atom. The molecule has 176 valence electrons. The van der Waals surface area contributed by atoms with Crippen LogP contribution in [0, 0.1) is 0 Å². The molecule has 2 aromatic carbocycles. The number of sulfonamides is 1. The Morgan fingerprint density at radius 2 is 1.52 bits per heavy atom. The summed E-state index contributed by atoms with van der Waals surface area (Å²) in [5, 5.41) is 2.92. The molecule has 33 heavy (non-hydrogen) atoms. The molecule has 0 aromatic heterocycles. The maximum atomic E-state index is 13.2. The van der Waals surface area contributed by atoms with Gasteiger partial charge in [0.15, 0.2) is 11.5 Å². The third-order valence-corrected chi connectivity index (χ3v) is 7.69. The van der Waals surface area contributed by atoms with Crippen molar-refractivity contribution in [3.05, 3.63) is 59.2 Å². The van der Waals surface area contributed by atoms with Gasteiger partial charge in [-0.3, -0.25) is 0 Å². The minimum absolute atomic E-state index is 0.146. The summed E-state index contributed by atoms with van der Waals surface area (Å²) in [7, 11) is 0.853. The number of carbonyl (C=O) groups excluding carboxylic acids is 1. The highest BCUT2D eigenvalue weighted by Crippen LogP contribution is 2.34. The number of hydrogen-bond acceptors (Lipinski definition) is 6. The normalized spacial score (nSPS) is 16.0. The van der Waals surface area contributed by atoms with Crippen molar-refractivity contribution >= 4 is 16.1 Å². The van der Waals surface area contributed by atoms with E-state index in [4.69, 9.17) is 14.2 Å². The number of para-hydroxylation sites is 1. The number of amides is 2. The largest absolute Gasteiger partial charge is 0.496 e. The molecule has 0 saturated carbocycles. The average Bonchev–Trinajstić information content (AvgIpc) is 3.42. The summed E-state index contributed by atoms with van der Waals surface area (Å²) in [6, 6.07) is 11.9. The molecule has 4 rings (SSSR count). The van der Waals surface area contributed by atoms with Crippen LogP contribution in [-0.2, 0) is 16.6 Å². The molecular formula is C23H27N3O6S. The predicted octanol–water partition coefficient (Wildman–Crippen LogP) is 2.24. The Morgan fingerprint density at radius 3 is 2.15 bits per heavy atom. The molecule has 0 saturated heterocycles. The first-order valence-electron chi connectivity index (χ1n) is 10.4. The second-order valence-corrected chi connectivity index (χ2v) is 9.76. The van der Waals surface area contributed by atoms with Crippen molar-refractivity contribution in [3.8, 4) is 17.2 Å². The smallest absolute Gasteiger partial charge is 0.318 e. The Hall–Kier alpha value is -3.24. The van der Waals surface area contributed by atoms with Crippen molar-refractivity contribution < 1.29 is 27.4 Å². The van der Waals surface area contributed by atoms with Crippen molar-refractivity contribution in [3.63, 3.8) is 0 Å². The van der Waals surface area contributed by atoms with Gasteiger partial charge in [-0.05, 0) is 29.3 Å². The minimum atomic E-state index is -3.71. The molecule has 0 atom stereocenters. The van der Waals surface area contributed by atoms with Crippen LogP contribution in [0.15, 0.2) is 58.5 Å². The fraction of sp³-hybridized carbons (Fsp3) is 0.348. The number of carbonyl (C=O) groups is 1. The maximum absolute atomic E-state index is 13.2. The van der Waals surface area contributed by atoms with Crippen molar-refractivity contribution in [2.45, 2.75) is 11.4 Å². The van der Waals surface area contributed by atoms with E-state index in [1.54, 1.807) is 18.1 Å². The second-order valence-electron chi connectivity index (χ2n) is 7.82. The first-order chi connectivity index (χ1) is 15.9. The van der Waals surface area contributed by atoms with Crippen LogP contribution in [0.5, 0.6) is 17.2 Å². The van der Waals surface area contributed by atoms with E-state index in [2.05, 4.69) is 5.32 Å². The van der Waals surface area contributed by atoms with E-state index in [1.165, 1.54) is 30.7 Å². The Balaban J connectivity index is 1.37. The monoisotopic (exact) mass is 473 g/mol. The van der Waals surface area contributed by atoms with Gasteiger partial charge in [-0.25, -0.2) is 13.2 Å². The van der Waals surface area contributed by atoms with Gasteiger partial charge in [0, 0.05) is 44.4 Å². The molecule has 2 aliphatic rings. The second kappa shape index (κ2) is 9.32. The van der Waals surface area contributed by atoms with E-state index in [0.717, 1.165) is 22.5 Å². The highest BCUT2D eigenvalue weighted by atomic mass is 32.2. The molecule has 0 spiro atoms. The summed E-state index contributed by atoms with van der Waals surface area (Å²) < 4.78 is 43.5. The molecule has 2 amide bonds. The SMILES string of the molecule is COc1ccccc1CNC(=O)N1CC2=C(C1)CN(S(=O)(=O)c1ccc(OC)c(OC)c1)C2. The van der Waals surface area contributed by atoms with Gasteiger partial charge >= 0.3 is 6.03 Å². The Bertz CT molecular complexity index is 1180. The Kier molecular flexibility index (Phi) is 6.48. The highest BCUT2D eigenvalue weighted by Gasteiger charge is 2.37. The van der Waals surface area contributed by atoms with Gasteiger partial charge in [-0.1, -0.05) is 18.2 Å². The van der Waals surface area contributed by atoms with Crippen LogP contribution in [0.2, 0.25) is 0 Å². The first kappa shape index (κ1) is 22.9. The molecule has 0 aliphatic carbocycles. The summed E-state index contributed by atoms with van der Waals surface area (Å²) in [5.41, 5.74) is 2.82. The predicted molar refractivity (Wildman–Crippen MR) is 122 cm³/mol. The molecule has 0 fully saturated rings. The summed E-state index contributed by atoms with van der Waals surface area (Å²) in [5.74, 6) is 1.54. The third-order valence-electron chi connectivity index (χ3n) is 5.90. The molecule has 9 nitrogen and oxygen atoms in total. The van der Waals surface area contributed by atoms with E-state index in [-0.39, 0.29) is 24.0 Å². The standard InChI is InChI=1S/C23H27N3O6S/c1-30-20-7-5-4-6-16(20)11-24-23(27)25-12-17-14-26(15-18(17)13-25)33(28,29)19-8-9-21(31-2)22(10-19)32-3/h4-10H,11-15H2,1-3H3,(H,24,27). The van der Waals surface area contributed by atoms with Gasteiger partial charge in [0.1, 0.15) is 5.75 Å². The van der Waals surface area contributed by atoms with E-state index in [0.29, 0.717) is 31.1 Å². The molecule has 2 heterocycles. The molecule has 0 bridgehead atoms. The van der Waals surface area contributed by atoms with Crippen LogP contribution < -0.4 is 19.5 Å². The number of benzene rings is 2. The van der Waals surface area contributed by atoms with E-state index in [1.807, 2.05) is 24.3 Å². The van der Waals surface area contributed by atoms with Gasteiger partial charge in [0.05, 0.1) is 26.2 Å². The lowest BCUT2D eigenvalue weighted by Crippen LogP contribution is -2.41. The van der Waals surface area contributed by atoms with Crippen LogP contribution >= 0.6 is 0 Å². The molecule has 2 aliphatic heterocycles. The number of nitrogens with one attached hydrogen (secondary N) is 1. The van der Waals surface area contributed by atoms with Crippen molar-refractivity contribution in [2.75, 3.05) is 47.5 Å². The van der Waals surface area contributed by atoms with Gasteiger partial charge in [-0.15, -0.1) is 0 Å². The van der Waals surface area contributed by atoms with Crippen LogP contribution in [0.25, 0.3) is 0 Å². The number of hydrogen-bond donors (Lipinski definition) is 1. The zero-order valence-electron chi connectivity index (χ0n) is 18.8. The molecule has 1 N–H and O–H groups in total. The minimum Gasteiger partial charge on any atom is -0.496 e. The average molecular weight is 474 g/mol. The molecular weight excluding hydrogens is 446 g/mol. The van der Waals surface area contributed by atoms with Gasteiger partial charge < -0.3 is 24.4 Å². The lowest BCUT2D eigenvalue weighted by atomic mass is 10.2. The zero-order chi connectivity index (χ0) is 23.6. The quantitative estimate of drug-likeness (QED) is 0.620. The number of nitrogens with zero attached hydrogens (tertiary/aromatic N) is 2. The van der Waals surface area contributed by atoms with Gasteiger partial charge in [0.2, 0.25) is 10.0 Å². The van der Waals surface area contributed by atoms with Crippen molar-refractivity contribution in [1.29, 1.82) is 0 Å². The van der Waals surface area contributed by atoms with E-state index >= 15 is 0 Å². The van der Waals surface area contributed by atoms with Gasteiger partial charge in [0.25, 0.3) is 0 Å². The van der Waals surface area contributed by atoms with E-state index in [9.17, 15) is 13.2 Å². The van der Waals surface area contributed by atoms with Gasteiger partial charge in [-0.2, -0.15) is 4.31 Å². The van der Waals surface area contributed by atoms with Crippen LogP contribution in [-0.4, -0.2) is 71.2 Å².